The van der Waals surface area contributed by atoms with Gasteiger partial charge in [0.05, 0.1) is 11.3 Å². The molecule has 0 saturated carbocycles. The highest BCUT2D eigenvalue weighted by Crippen LogP contribution is 2.17. The lowest BCUT2D eigenvalue weighted by molar-refractivity contribution is -0.132. The van der Waals surface area contributed by atoms with E-state index in [1.165, 1.54) is 12.1 Å². The second-order valence-electron chi connectivity index (χ2n) is 3.69. The fraction of sp³-hybridized carbons (Fsp3) is 0. The molecular weight excluding hydrogens is 248 g/mol. The molecule has 0 radical (unpaired) electrons. The van der Waals surface area contributed by atoms with Gasteiger partial charge in [0.1, 0.15) is 11.7 Å². The maximum Gasteiger partial charge on any atom is 0.348 e. The summed E-state index contributed by atoms with van der Waals surface area (Å²) in [7, 11) is 0. The summed E-state index contributed by atoms with van der Waals surface area (Å²) in [4.78, 5) is 22.6. The SMILES string of the molecule is N#C/C(C(=O)O)=C(\N)c1cc2ccccc2oc1=O. The molecule has 0 aliphatic rings. The van der Waals surface area contributed by atoms with E-state index in [-0.39, 0.29) is 5.56 Å². The van der Waals surface area contributed by atoms with E-state index in [1.54, 1.807) is 24.3 Å². The maximum absolute atomic E-state index is 11.7. The fourth-order valence-corrected chi connectivity index (χ4v) is 1.61. The van der Waals surface area contributed by atoms with Gasteiger partial charge in [-0.25, -0.2) is 9.59 Å². The molecule has 0 amide bonds. The zero-order valence-corrected chi connectivity index (χ0v) is 9.58. The standard InChI is InChI=1S/C13H8N2O4/c14-6-9(12(16)17)11(15)8-5-7-3-1-2-4-10(7)19-13(8)18/h1-5H,15H2,(H,16,17)/b11-9+. The molecule has 0 atom stereocenters. The number of carboxylic acid groups (broad SMARTS) is 1. The molecule has 2 aromatic rings. The summed E-state index contributed by atoms with van der Waals surface area (Å²) < 4.78 is 5.02. The topological polar surface area (TPSA) is 117 Å². The van der Waals surface area contributed by atoms with Gasteiger partial charge in [-0.05, 0) is 12.1 Å². The number of carboxylic acids is 1. The van der Waals surface area contributed by atoms with E-state index in [0.29, 0.717) is 11.0 Å². The number of nitrogens with two attached hydrogens (primary N) is 1. The van der Waals surface area contributed by atoms with Gasteiger partial charge in [-0.1, -0.05) is 18.2 Å². The molecule has 3 N–H and O–H groups in total. The van der Waals surface area contributed by atoms with Crippen LogP contribution < -0.4 is 11.4 Å². The van der Waals surface area contributed by atoms with Crippen molar-refractivity contribution in [2.45, 2.75) is 0 Å². The van der Waals surface area contributed by atoms with Gasteiger partial charge in [0.2, 0.25) is 0 Å². The minimum Gasteiger partial charge on any atom is -0.477 e. The van der Waals surface area contributed by atoms with Crippen LogP contribution in [-0.2, 0) is 4.79 Å². The van der Waals surface area contributed by atoms with E-state index in [4.69, 9.17) is 20.5 Å². The van der Waals surface area contributed by atoms with Crippen molar-refractivity contribution < 1.29 is 14.3 Å². The molecule has 94 valence electrons. The predicted octanol–water partition coefficient (Wildman–Crippen LogP) is 1.07. The Morgan fingerprint density at radius 3 is 2.68 bits per heavy atom. The average Bonchev–Trinajstić information content (AvgIpc) is 2.38. The van der Waals surface area contributed by atoms with Crippen LogP contribution in [0, 0.1) is 11.3 Å². The Kier molecular flexibility index (Phi) is 3.04. The number of fused-ring (bicyclic) bond motifs is 1. The number of aliphatic carboxylic acids is 1. The van der Waals surface area contributed by atoms with Crippen LogP contribution in [0.5, 0.6) is 0 Å². The molecule has 19 heavy (non-hydrogen) atoms. The Hall–Kier alpha value is -3.07. The first-order valence-electron chi connectivity index (χ1n) is 5.21. The zero-order chi connectivity index (χ0) is 14.0. The largest absolute Gasteiger partial charge is 0.477 e. The third-order valence-corrected chi connectivity index (χ3v) is 2.53. The molecular formula is C13H8N2O4. The summed E-state index contributed by atoms with van der Waals surface area (Å²) in [5, 5.41) is 18.1. The van der Waals surface area contributed by atoms with E-state index in [0.717, 1.165) is 0 Å². The molecule has 1 aromatic heterocycles. The Morgan fingerprint density at radius 2 is 2.05 bits per heavy atom. The number of hydrogen-bond donors (Lipinski definition) is 2. The van der Waals surface area contributed by atoms with Gasteiger partial charge in [-0.15, -0.1) is 0 Å². The van der Waals surface area contributed by atoms with Crippen molar-refractivity contribution in [3.05, 3.63) is 51.9 Å². The van der Waals surface area contributed by atoms with Crippen LogP contribution in [0.25, 0.3) is 16.7 Å². The molecule has 1 aromatic carbocycles. The summed E-state index contributed by atoms with van der Waals surface area (Å²) in [5.74, 6) is -1.49. The van der Waals surface area contributed by atoms with Crippen LogP contribution >= 0.6 is 0 Å². The third-order valence-electron chi connectivity index (χ3n) is 2.53. The molecule has 0 aliphatic heterocycles. The van der Waals surface area contributed by atoms with Gasteiger partial charge >= 0.3 is 11.6 Å². The lowest BCUT2D eigenvalue weighted by Crippen LogP contribution is -2.15. The van der Waals surface area contributed by atoms with Gasteiger partial charge in [-0.3, -0.25) is 0 Å². The van der Waals surface area contributed by atoms with Crippen LogP contribution in [0.15, 0.2) is 45.1 Å². The van der Waals surface area contributed by atoms with Crippen LogP contribution in [0.4, 0.5) is 0 Å². The first-order valence-corrected chi connectivity index (χ1v) is 5.21. The quantitative estimate of drug-likeness (QED) is 0.471. The number of para-hydroxylation sites is 1. The molecule has 0 spiro atoms. The molecule has 0 saturated heterocycles. The summed E-state index contributed by atoms with van der Waals surface area (Å²) in [6.07, 6.45) is 0. The van der Waals surface area contributed by atoms with E-state index < -0.39 is 22.9 Å². The van der Waals surface area contributed by atoms with Gasteiger partial charge in [0.15, 0.2) is 5.57 Å². The normalized spacial score (nSPS) is 11.7. The summed E-state index contributed by atoms with van der Waals surface area (Å²) in [6.45, 7) is 0. The highest BCUT2D eigenvalue weighted by Gasteiger charge is 2.17. The van der Waals surface area contributed by atoms with Gasteiger partial charge in [-0.2, -0.15) is 5.26 Å². The number of nitrogens with zero attached hydrogens (tertiary/aromatic N) is 1. The van der Waals surface area contributed by atoms with Gasteiger partial charge in [0.25, 0.3) is 0 Å². The highest BCUT2D eigenvalue weighted by molar-refractivity contribution is 6.00. The molecule has 0 bridgehead atoms. The Balaban J connectivity index is 2.77. The van der Waals surface area contributed by atoms with Crippen LogP contribution in [0.3, 0.4) is 0 Å². The van der Waals surface area contributed by atoms with Crippen molar-refractivity contribution in [3.63, 3.8) is 0 Å². The smallest absolute Gasteiger partial charge is 0.348 e. The summed E-state index contributed by atoms with van der Waals surface area (Å²) in [5.41, 5.74) is 3.89. The molecule has 2 rings (SSSR count). The van der Waals surface area contributed by atoms with E-state index >= 15 is 0 Å². The van der Waals surface area contributed by atoms with E-state index in [9.17, 15) is 9.59 Å². The number of rotatable bonds is 2. The van der Waals surface area contributed by atoms with Crippen LogP contribution in [-0.4, -0.2) is 11.1 Å². The van der Waals surface area contributed by atoms with Crippen molar-refractivity contribution in [1.82, 2.24) is 0 Å². The first kappa shape index (κ1) is 12.4. The van der Waals surface area contributed by atoms with Crippen molar-refractivity contribution in [2.24, 2.45) is 5.73 Å². The number of hydrogen-bond acceptors (Lipinski definition) is 5. The minimum atomic E-state index is -1.49. The molecule has 0 aliphatic carbocycles. The van der Waals surface area contributed by atoms with Crippen LogP contribution in [0.1, 0.15) is 5.56 Å². The lowest BCUT2D eigenvalue weighted by atomic mass is 10.1. The Bertz CT molecular complexity index is 796. The van der Waals surface area contributed by atoms with Crippen molar-refractivity contribution in [2.75, 3.05) is 0 Å². The predicted molar refractivity (Wildman–Crippen MR) is 66.8 cm³/mol. The Labute approximate surface area is 107 Å². The summed E-state index contributed by atoms with van der Waals surface area (Å²) >= 11 is 0. The molecule has 0 unspecified atom stereocenters. The lowest BCUT2D eigenvalue weighted by Gasteiger charge is -2.03. The van der Waals surface area contributed by atoms with E-state index in [1.807, 2.05) is 0 Å². The highest BCUT2D eigenvalue weighted by atomic mass is 16.4. The van der Waals surface area contributed by atoms with Gasteiger partial charge < -0.3 is 15.3 Å². The maximum atomic E-state index is 11.7. The van der Waals surface area contributed by atoms with Crippen LogP contribution in [0.2, 0.25) is 0 Å². The van der Waals surface area contributed by atoms with Gasteiger partial charge in [0, 0.05) is 5.39 Å². The van der Waals surface area contributed by atoms with Crippen molar-refractivity contribution in [3.8, 4) is 6.07 Å². The number of carbonyl (C=O) groups is 1. The Morgan fingerprint density at radius 1 is 1.37 bits per heavy atom. The first-order chi connectivity index (χ1) is 9.04. The van der Waals surface area contributed by atoms with Crippen molar-refractivity contribution in [1.29, 1.82) is 5.26 Å². The minimum absolute atomic E-state index is 0.141. The zero-order valence-electron chi connectivity index (χ0n) is 9.58. The average molecular weight is 256 g/mol. The third kappa shape index (κ3) is 2.17. The van der Waals surface area contributed by atoms with Crippen molar-refractivity contribution >= 4 is 22.6 Å². The number of nitriles is 1. The monoisotopic (exact) mass is 256 g/mol. The molecule has 6 heteroatoms. The molecule has 1 heterocycles. The second kappa shape index (κ2) is 4.66. The second-order valence-corrected chi connectivity index (χ2v) is 3.69. The number of benzene rings is 1. The molecule has 6 nitrogen and oxygen atoms in total. The molecule has 0 fully saturated rings. The fourth-order valence-electron chi connectivity index (χ4n) is 1.61. The van der Waals surface area contributed by atoms with E-state index in [2.05, 4.69) is 0 Å². The summed E-state index contributed by atoms with van der Waals surface area (Å²) in [6, 6.07) is 9.56.